The molecule has 0 saturated carbocycles. The van der Waals surface area contributed by atoms with Crippen LogP contribution >= 0.6 is 0 Å². The molecule has 0 aromatic rings. The predicted molar refractivity (Wildman–Crippen MR) is 96.5 cm³/mol. The third-order valence-corrected chi connectivity index (χ3v) is 3.81. The highest BCUT2D eigenvalue weighted by molar-refractivity contribution is 4.73. The molecular formula is C19H42N2. The molecule has 2 N–H and O–H groups in total. The van der Waals surface area contributed by atoms with Crippen molar-refractivity contribution in [1.29, 1.82) is 0 Å². The van der Waals surface area contributed by atoms with E-state index in [1.165, 1.54) is 25.7 Å². The van der Waals surface area contributed by atoms with Crippen LogP contribution in [0.2, 0.25) is 0 Å². The van der Waals surface area contributed by atoms with E-state index in [1.807, 2.05) is 0 Å². The van der Waals surface area contributed by atoms with Crippen molar-refractivity contribution in [2.45, 2.75) is 93.2 Å². The smallest absolute Gasteiger partial charge is 0.0458 e. The maximum Gasteiger partial charge on any atom is 0.0458 e. The molecule has 21 heavy (non-hydrogen) atoms. The largest absolute Gasteiger partial charge is 0.302 e. The van der Waals surface area contributed by atoms with E-state index in [1.54, 1.807) is 0 Å². The molecule has 0 aromatic heterocycles. The summed E-state index contributed by atoms with van der Waals surface area (Å²) in [5, 5.41) is 7.50. The van der Waals surface area contributed by atoms with Crippen LogP contribution in [0.25, 0.3) is 0 Å². The number of rotatable bonds is 12. The fourth-order valence-corrected chi connectivity index (χ4v) is 3.15. The Morgan fingerprint density at radius 3 is 0.905 bits per heavy atom. The predicted octanol–water partition coefficient (Wildman–Crippen LogP) is 5.04. The van der Waals surface area contributed by atoms with Crippen LogP contribution < -0.4 is 10.6 Å². The molecule has 0 rings (SSSR count). The second-order valence-corrected chi connectivity index (χ2v) is 8.50. The van der Waals surface area contributed by atoms with Gasteiger partial charge in [-0.15, -0.1) is 0 Å². The fourth-order valence-electron chi connectivity index (χ4n) is 3.15. The number of hydrogen-bond donors (Lipinski definition) is 2. The zero-order valence-electron chi connectivity index (χ0n) is 16.0. The van der Waals surface area contributed by atoms with Crippen LogP contribution in [0.4, 0.5) is 0 Å². The molecule has 0 aliphatic heterocycles. The highest BCUT2D eigenvalue weighted by Crippen LogP contribution is 2.14. The van der Waals surface area contributed by atoms with Crippen LogP contribution in [0.5, 0.6) is 0 Å². The summed E-state index contributed by atoms with van der Waals surface area (Å²) >= 11 is 0. The average Bonchev–Trinajstić information content (AvgIpc) is 2.24. The van der Waals surface area contributed by atoms with Crippen molar-refractivity contribution in [2.24, 2.45) is 23.7 Å². The SMILES string of the molecule is CC(C)CC(CC(C)C)NCNC(CC(C)C)CC(C)C. The lowest BCUT2D eigenvalue weighted by atomic mass is 9.95. The molecule has 0 saturated heterocycles. The molecule has 0 aromatic carbocycles. The monoisotopic (exact) mass is 298 g/mol. The van der Waals surface area contributed by atoms with Gasteiger partial charge in [0, 0.05) is 18.8 Å². The van der Waals surface area contributed by atoms with Crippen molar-refractivity contribution in [3.8, 4) is 0 Å². The quantitative estimate of drug-likeness (QED) is 0.493. The van der Waals surface area contributed by atoms with Crippen molar-refractivity contribution in [2.75, 3.05) is 6.67 Å². The summed E-state index contributed by atoms with van der Waals surface area (Å²) in [5.74, 6) is 3.07. The lowest BCUT2D eigenvalue weighted by Crippen LogP contribution is -2.43. The van der Waals surface area contributed by atoms with E-state index in [4.69, 9.17) is 0 Å². The summed E-state index contributed by atoms with van der Waals surface area (Å²) in [6.07, 6.45) is 5.11. The Morgan fingerprint density at radius 1 is 0.476 bits per heavy atom. The van der Waals surface area contributed by atoms with E-state index in [-0.39, 0.29) is 0 Å². The average molecular weight is 299 g/mol. The van der Waals surface area contributed by atoms with Crippen molar-refractivity contribution in [3.63, 3.8) is 0 Å². The van der Waals surface area contributed by atoms with Crippen molar-refractivity contribution in [1.82, 2.24) is 10.6 Å². The highest BCUT2D eigenvalue weighted by Gasteiger charge is 2.15. The Morgan fingerprint density at radius 2 is 0.714 bits per heavy atom. The Kier molecular flexibility index (Phi) is 11.4. The van der Waals surface area contributed by atoms with Gasteiger partial charge >= 0.3 is 0 Å². The maximum absolute atomic E-state index is 3.75. The molecule has 0 heterocycles. The number of hydrogen-bond acceptors (Lipinski definition) is 2. The van der Waals surface area contributed by atoms with Crippen LogP contribution in [0.1, 0.15) is 81.1 Å². The zero-order valence-corrected chi connectivity index (χ0v) is 16.0. The Labute approximate surface area is 134 Å². The van der Waals surface area contributed by atoms with Gasteiger partial charge in [-0.3, -0.25) is 0 Å². The van der Waals surface area contributed by atoms with Gasteiger partial charge in [-0.1, -0.05) is 55.4 Å². The summed E-state index contributed by atoms with van der Waals surface area (Å²) in [7, 11) is 0. The second-order valence-electron chi connectivity index (χ2n) is 8.50. The number of nitrogens with one attached hydrogen (secondary N) is 2. The van der Waals surface area contributed by atoms with E-state index < -0.39 is 0 Å². The first-order chi connectivity index (χ1) is 9.70. The minimum Gasteiger partial charge on any atom is -0.302 e. The molecule has 0 atom stereocenters. The molecule has 0 aliphatic rings. The third kappa shape index (κ3) is 13.3. The van der Waals surface area contributed by atoms with Gasteiger partial charge in [0.1, 0.15) is 0 Å². The van der Waals surface area contributed by atoms with Gasteiger partial charge < -0.3 is 10.6 Å². The molecule has 0 fully saturated rings. The van der Waals surface area contributed by atoms with Gasteiger partial charge in [-0.2, -0.15) is 0 Å². The first kappa shape index (κ1) is 20.9. The molecule has 128 valence electrons. The Balaban J connectivity index is 4.21. The summed E-state index contributed by atoms with van der Waals surface area (Å²) < 4.78 is 0. The lowest BCUT2D eigenvalue weighted by molar-refractivity contribution is 0.312. The summed E-state index contributed by atoms with van der Waals surface area (Å²) in [6, 6.07) is 1.30. The molecule has 0 amide bonds. The fraction of sp³-hybridized carbons (Fsp3) is 1.00. The van der Waals surface area contributed by atoms with E-state index in [0.717, 1.165) is 30.3 Å². The lowest BCUT2D eigenvalue weighted by Gasteiger charge is -2.26. The van der Waals surface area contributed by atoms with Gasteiger partial charge in [-0.05, 0) is 49.4 Å². The van der Waals surface area contributed by atoms with Gasteiger partial charge in [0.25, 0.3) is 0 Å². The topological polar surface area (TPSA) is 24.1 Å². The van der Waals surface area contributed by atoms with Crippen molar-refractivity contribution >= 4 is 0 Å². The summed E-state index contributed by atoms with van der Waals surface area (Å²) in [5.41, 5.74) is 0. The molecule has 0 unspecified atom stereocenters. The van der Waals surface area contributed by atoms with Gasteiger partial charge in [0.2, 0.25) is 0 Å². The molecule has 0 bridgehead atoms. The second kappa shape index (κ2) is 11.5. The molecule has 2 heteroatoms. The molecule has 0 spiro atoms. The van der Waals surface area contributed by atoms with Gasteiger partial charge in [0.15, 0.2) is 0 Å². The summed E-state index contributed by atoms with van der Waals surface area (Å²) in [6.45, 7) is 19.5. The zero-order chi connectivity index (χ0) is 16.4. The van der Waals surface area contributed by atoms with Crippen molar-refractivity contribution in [3.05, 3.63) is 0 Å². The molecule has 2 nitrogen and oxygen atoms in total. The maximum atomic E-state index is 3.75. The molecule has 0 aliphatic carbocycles. The minimum absolute atomic E-state index is 0.649. The van der Waals surface area contributed by atoms with E-state index >= 15 is 0 Å². The first-order valence-corrected chi connectivity index (χ1v) is 9.17. The summed E-state index contributed by atoms with van der Waals surface area (Å²) in [4.78, 5) is 0. The standard InChI is InChI=1S/C19H42N2/c1-14(2)9-18(10-15(3)4)20-13-21-19(11-16(5)6)12-17(7)8/h14-21H,9-13H2,1-8H3. The normalized spacial score (nSPS) is 12.9. The van der Waals surface area contributed by atoms with Crippen LogP contribution in [0.3, 0.4) is 0 Å². The Bertz CT molecular complexity index is 190. The Hall–Kier alpha value is -0.0800. The van der Waals surface area contributed by atoms with Crippen molar-refractivity contribution < 1.29 is 0 Å². The van der Waals surface area contributed by atoms with Gasteiger partial charge in [-0.25, -0.2) is 0 Å². The highest BCUT2D eigenvalue weighted by atomic mass is 15.1. The van der Waals surface area contributed by atoms with Crippen LogP contribution in [0.15, 0.2) is 0 Å². The van der Waals surface area contributed by atoms with E-state index in [9.17, 15) is 0 Å². The third-order valence-electron chi connectivity index (χ3n) is 3.81. The van der Waals surface area contributed by atoms with Gasteiger partial charge in [0.05, 0.1) is 0 Å². The van der Waals surface area contributed by atoms with E-state index in [0.29, 0.717) is 12.1 Å². The van der Waals surface area contributed by atoms with Crippen LogP contribution in [-0.4, -0.2) is 18.8 Å². The van der Waals surface area contributed by atoms with Crippen LogP contribution in [-0.2, 0) is 0 Å². The molecular weight excluding hydrogens is 256 g/mol. The van der Waals surface area contributed by atoms with E-state index in [2.05, 4.69) is 66.0 Å². The van der Waals surface area contributed by atoms with Crippen LogP contribution in [0, 0.1) is 23.7 Å². The minimum atomic E-state index is 0.649. The first-order valence-electron chi connectivity index (χ1n) is 9.17. The molecule has 0 radical (unpaired) electrons.